The Kier molecular flexibility index (Phi) is 4.46. The molecule has 2 N–H and O–H groups in total. The Morgan fingerprint density at radius 2 is 1.87 bits per heavy atom. The van der Waals surface area contributed by atoms with Gasteiger partial charge in [-0.1, -0.05) is 41.9 Å². The topological polar surface area (TPSA) is 50.2 Å². The van der Waals surface area contributed by atoms with Crippen molar-refractivity contribution in [2.75, 3.05) is 7.05 Å². The maximum absolute atomic E-state index is 12.2. The van der Waals surface area contributed by atoms with Gasteiger partial charge < -0.3 is 9.88 Å². The predicted octanol–water partition coefficient (Wildman–Crippen LogP) is 2.35. The van der Waals surface area contributed by atoms with Crippen LogP contribution in [0.1, 0.15) is 24.4 Å². The molecule has 23 heavy (non-hydrogen) atoms. The van der Waals surface area contributed by atoms with Crippen LogP contribution in [0, 0.1) is 0 Å². The van der Waals surface area contributed by atoms with E-state index in [4.69, 9.17) is 11.6 Å². The highest BCUT2D eigenvalue weighted by molar-refractivity contribution is 6.31. The lowest BCUT2D eigenvalue weighted by atomic mass is 10.1. The van der Waals surface area contributed by atoms with Crippen LogP contribution in [-0.4, -0.2) is 17.0 Å². The number of nitrogens with zero attached hydrogens (tertiary/aromatic N) is 1. The minimum atomic E-state index is -0.0945. The lowest BCUT2D eigenvalue weighted by Gasteiger charge is -2.21. The molecule has 2 atom stereocenters. The Labute approximate surface area is 139 Å². The number of nitrogens with one attached hydrogen (secondary N) is 2. The van der Waals surface area contributed by atoms with Crippen molar-refractivity contribution in [2.45, 2.75) is 19.5 Å². The fourth-order valence-corrected chi connectivity index (χ4v) is 2.84. The molecule has 3 rings (SSSR count). The monoisotopic (exact) mass is 328 g/mol. The highest BCUT2D eigenvalue weighted by Gasteiger charge is 2.20. The van der Waals surface area contributed by atoms with Gasteiger partial charge in [-0.05, 0) is 25.1 Å². The summed E-state index contributed by atoms with van der Waals surface area (Å²) in [5.74, 6) is 0.693. The number of benzene rings is 2. The van der Waals surface area contributed by atoms with Gasteiger partial charge in [0.2, 0.25) is 0 Å². The Bertz CT molecular complexity index is 891. The standard InChI is InChI=1S/C18H18ClN3O/c1-12(22(2)11-13-7-3-5-9-15(13)19)17-20-16-10-6-4-8-14(16)18(23)21-17/h3-10,12H,11H2,1-2H3,(H,20,21,23)/p+1/t12-/m0/s1. The molecule has 0 bridgehead atoms. The second-order valence-electron chi connectivity index (χ2n) is 5.80. The van der Waals surface area contributed by atoms with Crippen LogP contribution < -0.4 is 10.5 Å². The Morgan fingerprint density at radius 1 is 1.17 bits per heavy atom. The van der Waals surface area contributed by atoms with Gasteiger partial charge in [0.15, 0.2) is 5.82 Å². The molecule has 0 saturated heterocycles. The zero-order valence-electron chi connectivity index (χ0n) is 13.1. The minimum absolute atomic E-state index is 0.0450. The van der Waals surface area contributed by atoms with Crippen LogP contribution in [-0.2, 0) is 6.54 Å². The van der Waals surface area contributed by atoms with Gasteiger partial charge in [-0.25, -0.2) is 4.98 Å². The molecular formula is C18H19ClN3O+. The number of rotatable bonds is 4. The van der Waals surface area contributed by atoms with E-state index >= 15 is 0 Å². The summed E-state index contributed by atoms with van der Waals surface area (Å²) in [6.45, 7) is 2.82. The number of fused-ring (bicyclic) bond motifs is 1. The highest BCUT2D eigenvalue weighted by Crippen LogP contribution is 2.14. The molecule has 0 saturated carbocycles. The van der Waals surface area contributed by atoms with Crippen LogP contribution in [0.3, 0.4) is 0 Å². The Morgan fingerprint density at radius 3 is 2.65 bits per heavy atom. The van der Waals surface area contributed by atoms with Crippen LogP contribution in [0.4, 0.5) is 0 Å². The zero-order chi connectivity index (χ0) is 16.4. The molecule has 0 radical (unpaired) electrons. The molecule has 1 aromatic heterocycles. The summed E-state index contributed by atoms with van der Waals surface area (Å²) in [6.07, 6.45) is 0. The molecule has 0 spiro atoms. The van der Waals surface area contributed by atoms with E-state index in [0.717, 1.165) is 22.6 Å². The van der Waals surface area contributed by atoms with Gasteiger partial charge in [0.05, 0.1) is 18.0 Å². The molecule has 0 aliphatic carbocycles. The van der Waals surface area contributed by atoms with Crippen molar-refractivity contribution < 1.29 is 4.90 Å². The highest BCUT2D eigenvalue weighted by atomic mass is 35.5. The smallest absolute Gasteiger partial charge is 0.258 e. The summed E-state index contributed by atoms with van der Waals surface area (Å²) >= 11 is 6.24. The maximum atomic E-state index is 12.2. The SMILES string of the molecule is C[C@@H](c1nc2ccccc2c(=O)[nH]1)[NH+](C)Cc1ccccc1Cl. The number of aromatic nitrogens is 2. The van der Waals surface area contributed by atoms with E-state index in [2.05, 4.69) is 23.9 Å². The first kappa shape index (κ1) is 15.7. The van der Waals surface area contributed by atoms with Crippen molar-refractivity contribution >= 4 is 22.5 Å². The number of aromatic amines is 1. The van der Waals surface area contributed by atoms with Crippen LogP contribution in [0.2, 0.25) is 5.02 Å². The molecule has 1 heterocycles. The summed E-state index contributed by atoms with van der Waals surface area (Å²) in [6, 6.07) is 15.3. The van der Waals surface area contributed by atoms with E-state index in [1.807, 2.05) is 42.5 Å². The number of H-pyrrole nitrogens is 1. The minimum Gasteiger partial charge on any atom is -0.325 e. The van der Waals surface area contributed by atoms with E-state index in [0.29, 0.717) is 11.2 Å². The Balaban J connectivity index is 1.89. The van der Waals surface area contributed by atoms with E-state index in [9.17, 15) is 4.79 Å². The van der Waals surface area contributed by atoms with Crippen molar-refractivity contribution in [3.8, 4) is 0 Å². The molecule has 0 amide bonds. The van der Waals surface area contributed by atoms with E-state index in [-0.39, 0.29) is 11.6 Å². The summed E-state index contributed by atoms with van der Waals surface area (Å²) in [5, 5.41) is 1.38. The maximum Gasteiger partial charge on any atom is 0.258 e. The van der Waals surface area contributed by atoms with E-state index < -0.39 is 0 Å². The summed E-state index contributed by atoms with van der Waals surface area (Å²) in [5.41, 5.74) is 1.72. The molecular weight excluding hydrogens is 310 g/mol. The van der Waals surface area contributed by atoms with E-state index in [1.54, 1.807) is 6.07 Å². The van der Waals surface area contributed by atoms with Crippen molar-refractivity contribution in [3.63, 3.8) is 0 Å². The molecule has 0 aliphatic heterocycles. The first-order valence-corrected chi connectivity index (χ1v) is 7.98. The first-order chi connectivity index (χ1) is 11.1. The summed E-state index contributed by atoms with van der Waals surface area (Å²) < 4.78 is 0. The van der Waals surface area contributed by atoms with Crippen molar-refractivity contribution in [1.29, 1.82) is 0 Å². The normalized spacial score (nSPS) is 13.9. The van der Waals surface area contributed by atoms with Crippen LogP contribution in [0.5, 0.6) is 0 Å². The molecule has 118 valence electrons. The van der Waals surface area contributed by atoms with Crippen LogP contribution in [0.25, 0.3) is 10.9 Å². The van der Waals surface area contributed by atoms with Gasteiger partial charge in [-0.15, -0.1) is 0 Å². The zero-order valence-corrected chi connectivity index (χ0v) is 13.9. The number of halogens is 1. The number of hydrogen-bond acceptors (Lipinski definition) is 2. The third-order valence-corrected chi connectivity index (χ3v) is 4.58. The van der Waals surface area contributed by atoms with Gasteiger partial charge in [-0.3, -0.25) is 4.79 Å². The molecule has 5 heteroatoms. The van der Waals surface area contributed by atoms with Crippen molar-refractivity contribution in [2.24, 2.45) is 0 Å². The lowest BCUT2D eigenvalue weighted by molar-refractivity contribution is -0.924. The number of para-hydroxylation sites is 1. The summed E-state index contributed by atoms with van der Waals surface area (Å²) in [4.78, 5) is 20.9. The largest absolute Gasteiger partial charge is 0.325 e. The molecule has 3 aromatic rings. The quantitative estimate of drug-likeness (QED) is 0.772. The molecule has 0 fully saturated rings. The molecule has 2 aromatic carbocycles. The van der Waals surface area contributed by atoms with Gasteiger partial charge in [-0.2, -0.15) is 0 Å². The van der Waals surface area contributed by atoms with E-state index in [1.165, 1.54) is 4.90 Å². The summed E-state index contributed by atoms with van der Waals surface area (Å²) in [7, 11) is 2.07. The fraction of sp³-hybridized carbons (Fsp3) is 0.222. The van der Waals surface area contributed by atoms with Crippen LogP contribution in [0.15, 0.2) is 53.3 Å². The predicted molar refractivity (Wildman–Crippen MR) is 92.8 cm³/mol. The van der Waals surface area contributed by atoms with Crippen LogP contribution >= 0.6 is 11.6 Å². The van der Waals surface area contributed by atoms with Crippen molar-refractivity contribution in [3.05, 3.63) is 75.3 Å². The average Bonchev–Trinajstić information content (AvgIpc) is 2.56. The van der Waals surface area contributed by atoms with Gasteiger partial charge >= 0.3 is 0 Å². The van der Waals surface area contributed by atoms with Gasteiger partial charge in [0, 0.05) is 10.6 Å². The molecule has 1 unspecified atom stereocenters. The Hall–Kier alpha value is -2.17. The third kappa shape index (κ3) is 3.28. The van der Waals surface area contributed by atoms with Gasteiger partial charge in [0.25, 0.3) is 5.56 Å². The fourth-order valence-electron chi connectivity index (χ4n) is 2.64. The third-order valence-electron chi connectivity index (χ3n) is 4.21. The van der Waals surface area contributed by atoms with Gasteiger partial charge in [0.1, 0.15) is 12.6 Å². The second-order valence-corrected chi connectivity index (χ2v) is 6.21. The molecule has 4 nitrogen and oxygen atoms in total. The first-order valence-electron chi connectivity index (χ1n) is 7.61. The number of hydrogen-bond donors (Lipinski definition) is 2. The van der Waals surface area contributed by atoms with Crippen molar-refractivity contribution in [1.82, 2.24) is 9.97 Å². The average molecular weight is 329 g/mol. The lowest BCUT2D eigenvalue weighted by Crippen LogP contribution is -3.07. The number of quaternary nitrogens is 1. The second kappa shape index (κ2) is 6.52. The molecule has 0 aliphatic rings.